The van der Waals surface area contributed by atoms with Crippen molar-refractivity contribution in [1.29, 1.82) is 0 Å². The number of halogens is 1. The molecule has 5 heteroatoms. The molecule has 0 spiro atoms. The normalized spacial score (nSPS) is 9.90. The zero-order chi connectivity index (χ0) is 14.5. The Morgan fingerprint density at radius 2 is 1.75 bits per heavy atom. The Morgan fingerprint density at radius 1 is 1.00 bits per heavy atom. The number of nitrogens with one attached hydrogen (secondary N) is 2. The predicted octanol–water partition coefficient (Wildman–Crippen LogP) is 3.06. The molecule has 0 unspecified atom stereocenters. The summed E-state index contributed by atoms with van der Waals surface area (Å²) in [4.78, 5) is 23.7. The van der Waals surface area contributed by atoms with E-state index in [2.05, 4.69) is 26.6 Å². The molecule has 0 atom stereocenters. The monoisotopic (exact) mass is 332 g/mol. The third kappa shape index (κ3) is 3.24. The molecule has 2 amide bonds. The van der Waals surface area contributed by atoms with Crippen molar-refractivity contribution in [2.24, 2.45) is 0 Å². The van der Waals surface area contributed by atoms with E-state index in [0.29, 0.717) is 16.8 Å². The van der Waals surface area contributed by atoms with Crippen molar-refractivity contribution in [3.63, 3.8) is 0 Å². The van der Waals surface area contributed by atoms with Crippen LogP contribution >= 0.6 is 15.9 Å². The summed E-state index contributed by atoms with van der Waals surface area (Å²) in [5.74, 6) is -0.423. The zero-order valence-electron chi connectivity index (χ0n) is 10.8. The first-order chi connectivity index (χ1) is 9.61. The topological polar surface area (TPSA) is 58.2 Å². The summed E-state index contributed by atoms with van der Waals surface area (Å²) in [5.41, 5.74) is 1.61. The number of hydrogen-bond acceptors (Lipinski definition) is 2. The van der Waals surface area contributed by atoms with Crippen molar-refractivity contribution in [2.45, 2.75) is 0 Å². The number of amides is 2. The number of anilines is 1. The van der Waals surface area contributed by atoms with Crippen LogP contribution < -0.4 is 10.6 Å². The number of rotatable bonds is 3. The van der Waals surface area contributed by atoms with E-state index in [9.17, 15) is 9.59 Å². The van der Waals surface area contributed by atoms with E-state index in [-0.39, 0.29) is 11.8 Å². The molecule has 0 bridgehead atoms. The first-order valence-corrected chi connectivity index (χ1v) is 6.79. The largest absolute Gasteiger partial charge is 0.355 e. The second kappa shape index (κ2) is 6.34. The van der Waals surface area contributed by atoms with Crippen LogP contribution in [0.2, 0.25) is 0 Å². The minimum absolute atomic E-state index is 0.193. The van der Waals surface area contributed by atoms with Crippen molar-refractivity contribution < 1.29 is 9.59 Å². The van der Waals surface area contributed by atoms with Crippen molar-refractivity contribution in [3.8, 4) is 0 Å². The van der Waals surface area contributed by atoms with Crippen molar-refractivity contribution in [2.75, 3.05) is 12.4 Å². The molecule has 0 saturated carbocycles. The smallest absolute Gasteiger partial charge is 0.256 e. The Labute approximate surface area is 125 Å². The Bertz CT molecular complexity index is 656. The molecule has 0 aliphatic rings. The maximum Gasteiger partial charge on any atom is 0.256 e. The summed E-state index contributed by atoms with van der Waals surface area (Å²) in [6.07, 6.45) is 0. The van der Waals surface area contributed by atoms with Gasteiger partial charge in [-0.2, -0.15) is 0 Å². The summed E-state index contributed by atoms with van der Waals surface area (Å²) >= 11 is 3.33. The standard InChI is InChI=1S/C15H13BrN2O2/c1-17-14(19)10-5-4-6-11(9-10)18-15(20)12-7-2-3-8-13(12)16/h2-9H,1H3,(H,17,19)(H,18,20). The van der Waals surface area contributed by atoms with Crippen LogP contribution in [0.15, 0.2) is 53.0 Å². The lowest BCUT2D eigenvalue weighted by molar-refractivity contribution is 0.0961. The molecule has 2 aromatic carbocycles. The third-order valence-electron chi connectivity index (χ3n) is 2.73. The highest BCUT2D eigenvalue weighted by molar-refractivity contribution is 9.10. The quantitative estimate of drug-likeness (QED) is 0.907. The lowest BCUT2D eigenvalue weighted by Gasteiger charge is -2.08. The lowest BCUT2D eigenvalue weighted by Crippen LogP contribution is -2.18. The number of benzene rings is 2. The zero-order valence-corrected chi connectivity index (χ0v) is 12.4. The average Bonchev–Trinajstić information content (AvgIpc) is 2.47. The first-order valence-electron chi connectivity index (χ1n) is 6.00. The average molecular weight is 333 g/mol. The van der Waals surface area contributed by atoms with Gasteiger partial charge in [-0.25, -0.2) is 0 Å². The maximum absolute atomic E-state index is 12.1. The van der Waals surface area contributed by atoms with Crippen LogP contribution in [0, 0.1) is 0 Å². The molecule has 2 aromatic rings. The van der Waals surface area contributed by atoms with Gasteiger partial charge in [0.15, 0.2) is 0 Å². The Hall–Kier alpha value is -2.14. The minimum atomic E-state index is -0.230. The third-order valence-corrected chi connectivity index (χ3v) is 3.42. The van der Waals surface area contributed by atoms with Gasteiger partial charge in [0.2, 0.25) is 0 Å². The van der Waals surface area contributed by atoms with Crippen LogP contribution in [-0.2, 0) is 0 Å². The fourth-order valence-electron chi connectivity index (χ4n) is 1.73. The van der Waals surface area contributed by atoms with Crippen LogP contribution in [0.4, 0.5) is 5.69 Å². The molecule has 102 valence electrons. The second-order valence-corrected chi connectivity index (χ2v) is 4.95. The van der Waals surface area contributed by atoms with E-state index in [4.69, 9.17) is 0 Å². The van der Waals surface area contributed by atoms with Crippen LogP contribution in [0.25, 0.3) is 0 Å². The predicted molar refractivity (Wildman–Crippen MR) is 81.9 cm³/mol. The highest BCUT2D eigenvalue weighted by Crippen LogP contribution is 2.18. The minimum Gasteiger partial charge on any atom is -0.355 e. The van der Waals surface area contributed by atoms with Crippen LogP contribution in [0.3, 0.4) is 0 Å². The van der Waals surface area contributed by atoms with Crippen molar-refractivity contribution >= 4 is 33.4 Å². The Kier molecular flexibility index (Phi) is 4.53. The Balaban J connectivity index is 2.20. The summed E-state index contributed by atoms with van der Waals surface area (Å²) in [6.45, 7) is 0. The van der Waals surface area contributed by atoms with Crippen molar-refractivity contribution in [1.82, 2.24) is 5.32 Å². The van der Waals surface area contributed by atoms with Crippen molar-refractivity contribution in [3.05, 3.63) is 64.1 Å². The fraction of sp³-hybridized carbons (Fsp3) is 0.0667. The molecule has 0 fully saturated rings. The fourth-order valence-corrected chi connectivity index (χ4v) is 2.19. The molecule has 0 saturated heterocycles. The highest BCUT2D eigenvalue weighted by Gasteiger charge is 2.10. The Morgan fingerprint density at radius 3 is 2.45 bits per heavy atom. The van der Waals surface area contributed by atoms with Gasteiger partial charge in [0.05, 0.1) is 5.56 Å². The van der Waals surface area contributed by atoms with Gasteiger partial charge in [-0.3, -0.25) is 9.59 Å². The SMILES string of the molecule is CNC(=O)c1cccc(NC(=O)c2ccccc2Br)c1. The van der Waals surface area contributed by atoms with Gasteiger partial charge >= 0.3 is 0 Å². The van der Waals surface area contributed by atoms with E-state index in [1.807, 2.05) is 6.07 Å². The number of carbonyl (C=O) groups is 2. The maximum atomic E-state index is 12.1. The number of carbonyl (C=O) groups excluding carboxylic acids is 2. The summed E-state index contributed by atoms with van der Waals surface area (Å²) in [6, 6.07) is 13.9. The highest BCUT2D eigenvalue weighted by atomic mass is 79.9. The van der Waals surface area contributed by atoms with Gasteiger partial charge in [0.1, 0.15) is 0 Å². The molecule has 0 aromatic heterocycles. The first kappa shape index (κ1) is 14.3. The van der Waals surface area contributed by atoms with Crippen LogP contribution in [0.1, 0.15) is 20.7 Å². The molecule has 0 heterocycles. The lowest BCUT2D eigenvalue weighted by atomic mass is 10.1. The van der Waals surface area contributed by atoms with Gasteiger partial charge in [-0.15, -0.1) is 0 Å². The molecule has 0 aliphatic heterocycles. The van der Waals surface area contributed by atoms with Crippen LogP contribution in [0.5, 0.6) is 0 Å². The van der Waals surface area contributed by atoms with Gasteiger partial charge in [-0.05, 0) is 46.3 Å². The van der Waals surface area contributed by atoms with E-state index >= 15 is 0 Å². The molecule has 0 aliphatic carbocycles. The van der Waals surface area contributed by atoms with Gasteiger partial charge in [0, 0.05) is 22.8 Å². The summed E-state index contributed by atoms with van der Waals surface area (Å²) in [5, 5.41) is 5.31. The van der Waals surface area contributed by atoms with E-state index in [1.165, 1.54) is 0 Å². The summed E-state index contributed by atoms with van der Waals surface area (Å²) < 4.78 is 0.722. The van der Waals surface area contributed by atoms with Gasteiger partial charge in [-0.1, -0.05) is 18.2 Å². The second-order valence-electron chi connectivity index (χ2n) is 4.09. The molecule has 0 radical (unpaired) electrons. The number of hydrogen-bond donors (Lipinski definition) is 2. The molecular formula is C15H13BrN2O2. The molecule has 2 N–H and O–H groups in total. The van der Waals surface area contributed by atoms with Crippen LogP contribution in [-0.4, -0.2) is 18.9 Å². The van der Waals surface area contributed by atoms with E-state index in [1.54, 1.807) is 49.5 Å². The molecule has 20 heavy (non-hydrogen) atoms. The molecule has 2 rings (SSSR count). The van der Waals surface area contributed by atoms with E-state index < -0.39 is 0 Å². The van der Waals surface area contributed by atoms with Gasteiger partial charge < -0.3 is 10.6 Å². The summed E-state index contributed by atoms with van der Waals surface area (Å²) in [7, 11) is 1.56. The van der Waals surface area contributed by atoms with Gasteiger partial charge in [0.25, 0.3) is 11.8 Å². The molecular weight excluding hydrogens is 320 g/mol. The molecule has 4 nitrogen and oxygen atoms in total. The van der Waals surface area contributed by atoms with E-state index in [0.717, 1.165) is 4.47 Å².